The third kappa shape index (κ3) is 1.51. The number of hydrogen-bond acceptors (Lipinski definition) is 7. The van der Waals surface area contributed by atoms with Crippen molar-refractivity contribution in [3.05, 3.63) is 24.0 Å². The number of aliphatic hydroxyl groups excluding tert-OH is 3. The Labute approximate surface area is 162 Å². The Bertz CT molecular complexity index is 859. The van der Waals surface area contributed by atoms with Crippen molar-refractivity contribution in [1.82, 2.24) is 0 Å². The minimum Gasteiger partial charge on any atom is -0.515 e. The summed E-state index contributed by atoms with van der Waals surface area (Å²) in [6.07, 6.45) is -0.843. The van der Waals surface area contributed by atoms with Crippen molar-refractivity contribution in [3.63, 3.8) is 0 Å². The average molecular weight is 390 g/mol. The van der Waals surface area contributed by atoms with Crippen LogP contribution in [0.15, 0.2) is 24.0 Å². The summed E-state index contributed by atoms with van der Waals surface area (Å²) in [5, 5.41) is 43.8. The maximum absolute atomic E-state index is 13.6. The molecule has 7 heteroatoms. The van der Waals surface area contributed by atoms with Crippen molar-refractivity contribution < 1.29 is 34.8 Å². The first kappa shape index (κ1) is 18.5. The van der Waals surface area contributed by atoms with Crippen molar-refractivity contribution in [2.45, 2.75) is 51.1 Å². The number of allylic oxidation sites excluding steroid dienone is 1. The number of ether oxygens (including phenoxy) is 1. The fourth-order valence-corrected chi connectivity index (χ4v) is 7.80. The molecule has 6 aliphatic rings. The summed E-state index contributed by atoms with van der Waals surface area (Å²) < 4.78 is 5.73. The summed E-state index contributed by atoms with van der Waals surface area (Å²) in [5.74, 6) is -5.05. The quantitative estimate of drug-likeness (QED) is 0.353. The van der Waals surface area contributed by atoms with Gasteiger partial charge in [-0.3, -0.25) is 9.59 Å². The zero-order chi connectivity index (χ0) is 20.4. The van der Waals surface area contributed by atoms with Gasteiger partial charge in [0.2, 0.25) is 5.79 Å². The van der Waals surface area contributed by atoms with Gasteiger partial charge in [0.15, 0.2) is 11.6 Å². The topological polar surface area (TPSA) is 124 Å². The summed E-state index contributed by atoms with van der Waals surface area (Å²) in [4.78, 5) is 27.0. The Morgan fingerprint density at radius 3 is 2.46 bits per heavy atom. The highest BCUT2D eigenvalue weighted by Crippen LogP contribution is 2.76. The van der Waals surface area contributed by atoms with E-state index in [-0.39, 0.29) is 30.0 Å². The molecule has 2 saturated heterocycles. The van der Waals surface area contributed by atoms with E-state index in [4.69, 9.17) is 4.74 Å². The van der Waals surface area contributed by atoms with E-state index in [2.05, 4.69) is 6.58 Å². The minimum atomic E-state index is -2.28. The van der Waals surface area contributed by atoms with Gasteiger partial charge in [0, 0.05) is 17.4 Å². The number of ketones is 2. The van der Waals surface area contributed by atoms with E-state index in [0.29, 0.717) is 12.8 Å². The number of Topliss-reactive ketones (excluding diaryl/α,β-unsaturated/α-hetero) is 2. The molecule has 4 N–H and O–H groups in total. The summed E-state index contributed by atoms with van der Waals surface area (Å²) >= 11 is 0. The van der Waals surface area contributed by atoms with Gasteiger partial charge in [0.25, 0.3) is 0 Å². The zero-order valence-electron chi connectivity index (χ0n) is 16.0. The van der Waals surface area contributed by atoms with Gasteiger partial charge >= 0.3 is 0 Å². The molecule has 0 unspecified atom stereocenters. The van der Waals surface area contributed by atoms with Gasteiger partial charge in [0.1, 0.15) is 11.5 Å². The van der Waals surface area contributed by atoms with Crippen LogP contribution in [-0.2, 0) is 14.3 Å². The van der Waals surface area contributed by atoms with Crippen molar-refractivity contribution in [2.75, 3.05) is 6.61 Å². The molecule has 28 heavy (non-hydrogen) atoms. The lowest BCUT2D eigenvalue weighted by Crippen LogP contribution is -2.85. The molecule has 0 radical (unpaired) electrons. The normalized spacial score (nSPS) is 55.4. The number of rotatable bonds is 0. The Hall–Kier alpha value is -1.54. The van der Waals surface area contributed by atoms with Crippen LogP contribution in [0.25, 0.3) is 0 Å². The summed E-state index contributed by atoms with van der Waals surface area (Å²) in [7, 11) is 0. The highest BCUT2D eigenvalue weighted by molar-refractivity contribution is 6.08. The molecule has 4 saturated carbocycles. The Morgan fingerprint density at radius 2 is 1.82 bits per heavy atom. The van der Waals surface area contributed by atoms with Crippen LogP contribution in [-0.4, -0.2) is 56.6 Å². The van der Waals surface area contributed by atoms with Gasteiger partial charge in [-0.1, -0.05) is 20.4 Å². The molecule has 152 valence electrons. The molecule has 7 nitrogen and oxygen atoms in total. The first-order chi connectivity index (χ1) is 13.0. The molecule has 8 atom stereocenters. The molecule has 0 amide bonds. The van der Waals surface area contributed by atoms with Gasteiger partial charge < -0.3 is 25.2 Å². The van der Waals surface area contributed by atoms with Crippen molar-refractivity contribution in [3.8, 4) is 0 Å². The first-order valence-electron chi connectivity index (χ1n) is 9.86. The smallest absolute Gasteiger partial charge is 0.208 e. The SMILES string of the molecule is C=C1C(=O)[C@]23[C@H](O)[C@H]1CC[C@H]2[C@@]12CO[C@]3(O)[C@@H](O)[C@@H]1C(C)(C)C/C(=C/O)C2=O. The maximum Gasteiger partial charge on any atom is 0.208 e. The van der Waals surface area contributed by atoms with Crippen molar-refractivity contribution >= 4 is 11.6 Å². The molecule has 4 aliphatic carbocycles. The lowest BCUT2D eigenvalue weighted by molar-refractivity contribution is -0.436. The number of carbonyl (C=O) groups excluding carboxylic acids is 2. The predicted molar refractivity (Wildman–Crippen MR) is 95.7 cm³/mol. The minimum absolute atomic E-state index is 0.158. The van der Waals surface area contributed by atoms with Crippen LogP contribution in [0.4, 0.5) is 0 Å². The van der Waals surface area contributed by atoms with Crippen molar-refractivity contribution in [1.29, 1.82) is 0 Å². The van der Waals surface area contributed by atoms with E-state index in [9.17, 15) is 30.0 Å². The van der Waals surface area contributed by atoms with Crippen LogP contribution < -0.4 is 0 Å². The zero-order valence-corrected chi connectivity index (χ0v) is 16.0. The molecular weight excluding hydrogens is 364 g/mol. The number of fused-ring (bicyclic) bond motifs is 2. The summed E-state index contributed by atoms with van der Waals surface area (Å²) in [5.41, 5.74) is -3.31. The van der Waals surface area contributed by atoms with E-state index < -0.39 is 57.8 Å². The second-order valence-corrected chi connectivity index (χ2v) is 10.0. The van der Waals surface area contributed by atoms with Gasteiger partial charge in [-0.2, -0.15) is 0 Å². The van der Waals surface area contributed by atoms with Crippen LogP contribution in [0.5, 0.6) is 0 Å². The molecule has 0 aromatic heterocycles. The van der Waals surface area contributed by atoms with Crippen LogP contribution in [0.2, 0.25) is 0 Å². The number of carbonyl (C=O) groups is 2. The van der Waals surface area contributed by atoms with Crippen LogP contribution in [0.1, 0.15) is 33.1 Å². The maximum atomic E-state index is 13.6. The first-order valence-corrected chi connectivity index (χ1v) is 9.86. The van der Waals surface area contributed by atoms with Gasteiger partial charge in [-0.15, -0.1) is 0 Å². The number of hydrogen-bond donors (Lipinski definition) is 4. The summed E-state index contributed by atoms with van der Waals surface area (Å²) in [6.45, 7) is 7.45. The van der Waals surface area contributed by atoms with Gasteiger partial charge in [0.05, 0.1) is 24.4 Å². The highest BCUT2D eigenvalue weighted by atomic mass is 16.6. The molecule has 2 heterocycles. The second kappa shape index (κ2) is 4.95. The van der Waals surface area contributed by atoms with Crippen LogP contribution in [0.3, 0.4) is 0 Å². The standard InChI is InChI=1S/C21H26O7/c1-9-11-4-5-12-19-8-28-21(27,20(12,14(9)23)16(11)25)17(26)13(19)18(2,3)6-10(7-22)15(19)24/h7,11-13,16-17,22,25-27H,1,4-6,8H2,2-3H3/b10-7-/t11-,12-,13+,16+,17-,19-,20-,21+/m0/s1. The van der Waals surface area contributed by atoms with Crippen LogP contribution in [0, 0.1) is 34.0 Å². The third-order valence-corrected chi connectivity index (χ3v) is 8.65. The van der Waals surface area contributed by atoms with E-state index in [1.807, 2.05) is 13.8 Å². The lowest BCUT2D eigenvalue weighted by atomic mass is 9.35. The molecule has 4 bridgehead atoms. The predicted octanol–water partition coefficient (Wildman–Crippen LogP) is 0.636. The molecule has 2 spiro atoms. The molecular formula is C21H26O7. The van der Waals surface area contributed by atoms with E-state index >= 15 is 0 Å². The van der Waals surface area contributed by atoms with Crippen molar-refractivity contribution in [2.24, 2.45) is 34.0 Å². The lowest BCUT2D eigenvalue weighted by Gasteiger charge is -2.72. The monoisotopic (exact) mass is 390 g/mol. The molecule has 6 rings (SSSR count). The van der Waals surface area contributed by atoms with E-state index in [0.717, 1.165) is 6.26 Å². The van der Waals surface area contributed by atoms with E-state index in [1.165, 1.54) is 0 Å². The van der Waals surface area contributed by atoms with Gasteiger partial charge in [-0.25, -0.2) is 0 Å². The highest BCUT2D eigenvalue weighted by Gasteiger charge is 2.87. The average Bonchev–Trinajstić information content (AvgIpc) is 2.75. The fraction of sp³-hybridized carbons (Fsp3) is 0.714. The Kier molecular flexibility index (Phi) is 3.27. The summed E-state index contributed by atoms with van der Waals surface area (Å²) in [6, 6.07) is 0. The molecule has 0 aromatic carbocycles. The second-order valence-electron chi connectivity index (χ2n) is 10.0. The van der Waals surface area contributed by atoms with E-state index in [1.54, 1.807) is 0 Å². The third-order valence-electron chi connectivity index (χ3n) is 8.65. The number of aliphatic hydroxyl groups is 4. The van der Waals surface area contributed by atoms with Gasteiger partial charge in [-0.05, 0) is 36.2 Å². The fourth-order valence-electron chi connectivity index (χ4n) is 7.80. The Balaban J connectivity index is 1.84. The molecule has 6 fully saturated rings. The molecule has 2 aliphatic heterocycles. The van der Waals surface area contributed by atoms with Crippen LogP contribution >= 0.6 is 0 Å². The Morgan fingerprint density at radius 1 is 1.14 bits per heavy atom. The largest absolute Gasteiger partial charge is 0.515 e. The molecule has 0 aromatic rings.